The van der Waals surface area contributed by atoms with E-state index in [1.807, 2.05) is 4.72 Å². The van der Waals surface area contributed by atoms with Crippen molar-refractivity contribution in [2.45, 2.75) is 24.3 Å². The Morgan fingerprint density at radius 2 is 1.74 bits per heavy atom. The number of sulfonamides is 1. The van der Waals surface area contributed by atoms with Crippen molar-refractivity contribution >= 4 is 33.6 Å². The summed E-state index contributed by atoms with van der Waals surface area (Å²) in [5, 5.41) is 2.47. The van der Waals surface area contributed by atoms with Crippen molar-refractivity contribution in [2.75, 3.05) is 18.7 Å². The fourth-order valence-electron chi connectivity index (χ4n) is 3.96. The Morgan fingerprint density at radius 1 is 1.00 bits per heavy atom. The molecule has 0 spiro atoms. The zero-order chi connectivity index (χ0) is 27.4. The number of ether oxygens (including phenoxy) is 2. The van der Waals surface area contributed by atoms with Gasteiger partial charge in [0.1, 0.15) is 6.04 Å². The molecular weight excluding hydrogens is 512 g/mol. The van der Waals surface area contributed by atoms with Gasteiger partial charge in [-0.05, 0) is 48.4 Å². The molecule has 3 aromatic carbocycles. The second-order valence-electron chi connectivity index (χ2n) is 8.60. The Morgan fingerprint density at radius 3 is 2.47 bits per heavy atom. The number of aryl methyl sites for hydroxylation is 1. The van der Waals surface area contributed by atoms with Gasteiger partial charge in [0, 0.05) is 30.8 Å². The third-order valence-corrected chi connectivity index (χ3v) is 7.43. The van der Waals surface area contributed by atoms with E-state index < -0.39 is 33.9 Å². The van der Waals surface area contributed by atoms with Crippen molar-refractivity contribution in [1.82, 2.24) is 10.0 Å². The van der Waals surface area contributed by atoms with E-state index in [0.29, 0.717) is 28.3 Å². The van der Waals surface area contributed by atoms with Crippen LogP contribution in [0.25, 0.3) is 0 Å². The van der Waals surface area contributed by atoms with Gasteiger partial charge in [-0.2, -0.15) is 0 Å². The van der Waals surface area contributed by atoms with E-state index in [0.717, 1.165) is 0 Å². The summed E-state index contributed by atoms with van der Waals surface area (Å²) in [4.78, 5) is 39.3. The van der Waals surface area contributed by atoms with Crippen molar-refractivity contribution in [3.05, 3.63) is 83.4 Å². The maximum absolute atomic E-state index is 13.6. The van der Waals surface area contributed by atoms with E-state index in [1.165, 1.54) is 36.2 Å². The molecule has 0 aromatic heterocycles. The molecule has 0 fully saturated rings. The van der Waals surface area contributed by atoms with Crippen LogP contribution < -0.4 is 30.1 Å². The Bertz CT molecular complexity index is 1510. The molecular formula is C26H26N4O7S. The van der Waals surface area contributed by atoms with Gasteiger partial charge in [-0.15, -0.1) is 0 Å². The van der Waals surface area contributed by atoms with E-state index in [-0.39, 0.29) is 23.7 Å². The molecule has 4 rings (SSSR count). The smallest absolute Gasteiger partial charge is 0.329 e. The maximum Gasteiger partial charge on any atom is 0.329 e. The zero-order valence-corrected chi connectivity index (χ0v) is 21.4. The summed E-state index contributed by atoms with van der Waals surface area (Å²) in [6.07, 6.45) is -0.0489. The number of hydrogen-bond donors (Lipinski definition) is 3. The molecule has 0 radical (unpaired) electrons. The highest BCUT2D eigenvalue weighted by Crippen LogP contribution is 2.35. The fourth-order valence-corrected chi connectivity index (χ4v) is 5.13. The van der Waals surface area contributed by atoms with Gasteiger partial charge in [0.05, 0.1) is 4.90 Å². The predicted molar refractivity (Wildman–Crippen MR) is 138 cm³/mol. The van der Waals surface area contributed by atoms with Crippen LogP contribution in [0.3, 0.4) is 0 Å². The van der Waals surface area contributed by atoms with Crippen molar-refractivity contribution in [3.8, 4) is 11.5 Å². The van der Waals surface area contributed by atoms with Crippen molar-refractivity contribution in [2.24, 2.45) is 5.73 Å². The van der Waals surface area contributed by atoms with Crippen LogP contribution in [0.1, 0.15) is 21.5 Å². The first-order valence-corrected chi connectivity index (χ1v) is 13.0. The lowest BCUT2D eigenvalue weighted by Crippen LogP contribution is -2.52. The molecule has 1 aliphatic rings. The van der Waals surface area contributed by atoms with Crippen LogP contribution in [0.4, 0.5) is 10.5 Å². The lowest BCUT2D eigenvalue weighted by Gasteiger charge is -2.25. The minimum atomic E-state index is -4.21. The quantitative estimate of drug-likeness (QED) is 0.396. The number of carbonyl (C=O) groups excluding carboxylic acids is 3. The Balaban J connectivity index is 1.59. The van der Waals surface area contributed by atoms with Crippen molar-refractivity contribution < 1.29 is 32.3 Å². The zero-order valence-electron chi connectivity index (χ0n) is 20.6. The molecule has 198 valence electrons. The normalized spacial score (nSPS) is 12.9. The highest BCUT2D eigenvalue weighted by molar-refractivity contribution is 7.90. The number of amides is 4. The van der Waals surface area contributed by atoms with Gasteiger partial charge in [0.15, 0.2) is 11.5 Å². The Kier molecular flexibility index (Phi) is 7.53. The first kappa shape index (κ1) is 26.5. The van der Waals surface area contributed by atoms with E-state index in [4.69, 9.17) is 15.2 Å². The number of hydrogen-bond acceptors (Lipinski definition) is 7. The van der Waals surface area contributed by atoms with Gasteiger partial charge in [0.25, 0.3) is 10.0 Å². The van der Waals surface area contributed by atoms with E-state index in [2.05, 4.69) is 5.32 Å². The first-order valence-electron chi connectivity index (χ1n) is 11.5. The second-order valence-corrected chi connectivity index (χ2v) is 10.3. The van der Waals surface area contributed by atoms with Gasteiger partial charge < -0.3 is 25.4 Å². The number of urea groups is 1. The number of nitrogens with two attached hydrogens (primary N) is 1. The topological polar surface area (TPSA) is 157 Å². The van der Waals surface area contributed by atoms with Crippen LogP contribution in [0.5, 0.6) is 11.5 Å². The van der Waals surface area contributed by atoms with Gasteiger partial charge in [-0.25, -0.2) is 17.9 Å². The molecule has 3 aromatic rings. The number of primary amides is 1. The van der Waals surface area contributed by atoms with E-state index in [1.54, 1.807) is 49.4 Å². The van der Waals surface area contributed by atoms with E-state index in [9.17, 15) is 22.8 Å². The van der Waals surface area contributed by atoms with Gasteiger partial charge in [0.2, 0.25) is 18.6 Å². The number of nitrogens with one attached hydrogen (secondary N) is 2. The van der Waals surface area contributed by atoms with Crippen LogP contribution in [0.15, 0.2) is 71.6 Å². The molecule has 0 bridgehead atoms. The number of nitrogens with zero attached hydrogens (tertiary/aromatic N) is 1. The number of likely N-dealkylation sites (N-methyl/N-ethyl adjacent to an activating group) is 1. The molecule has 1 heterocycles. The summed E-state index contributed by atoms with van der Waals surface area (Å²) in [5.41, 5.74) is 7.04. The summed E-state index contributed by atoms with van der Waals surface area (Å²) in [6.45, 7) is 1.66. The molecule has 11 nitrogen and oxygen atoms in total. The Hall–Kier alpha value is -4.58. The monoisotopic (exact) mass is 538 g/mol. The van der Waals surface area contributed by atoms with Crippen molar-refractivity contribution in [1.29, 1.82) is 0 Å². The number of carbonyl (C=O) groups is 3. The molecule has 38 heavy (non-hydrogen) atoms. The van der Waals surface area contributed by atoms with Crippen molar-refractivity contribution in [3.63, 3.8) is 0 Å². The minimum absolute atomic E-state index is 0.0489. The van der Waals surface area contributed by atoms with Crippen LogP contribution in [-0.2, 0) is 21.2 Å². The second kappa shape index (κ2) is 10.8. The van der Waals surface area contributed by atoms with Gasteiger partial charge in [-0.1, -0.05) is 30.3 Å². The molecule has 0 aliphatic carbocycles. The fraction of sp³-hybridized carbons (Fsp3) is 0.192. The molecule has 1 unspecified atom stereocenters. The average molecular weight is 539 g/mol. The summed E-state index contributed by atoms with van der Waals surface area (Å²) >= 11 is 0. The number of anilines is 1. The Labute approximate surface area is 219 Å². The minimum Gasteiger partial charge on any atom is -0.454 e. The number of fused-ring (bicyclic) bond motifs is 1. The molecule has 0 saturated heterocycles. The third kappa shape index (κ3) is 5.86. The third-order valence-electron chi connectivity index (χ3n) is 5.94. The largest absolute Gasteiger partial charge is 0.454 e. The highest BCUT2D eigenvalue weighted by atomic mass is 32.2. The molecule has 4 amide bonds. The van der Waals surface area contributed by atoms with Crippen LogP contribution in [0.2, 0.25) is 0 Å². The highest BCUT2D eigenvalue weighted by Gasteiger charge is 2.29. The molecule has 0 saturated carbocycles. The van der Waals surface area contributed by atoms with E-state index >= 15 is 0 Å². The molecule has 1 atom stereocenters. The summed E-state index contributed by atoms with van der Waals surface area (Å²) in [7, 11) is -2.70. The lowest BCUT2D eigenvalue weighted by atomic mass is 10.0. The standard InChI is InChI=1S/C26H26N4O7S/c1-16-6-3-4-9-23(16)38(34,35)29-26(33)28-20(13-17-7-5-8-18(12-17)24(27)31)25(32)30(2)19-10-11-21-22(14-19)37-15-36-21/h3-12,14,20H,13,15H2,1-2H3,(H2,27,31)(H2,28,29,33). The van der Waals surface area contributed by atoms with Crippen LogP contribution in [-0.4, -0.2) is 46.1 Å². The maximum atomic E-state index is 13.6. The molecule has 1 aliphatic heterocycles. The number of benzene rings is 3. The summed E-state index contributed by atoms with van der Waals surface area (Å²) in [5.74, 6) is -0.199. The van der Waals surface area contributed by atoms with Crippen LogP contribution >= 0.6 is 0 Å². The van der Waals surface area contributed by atoms with Crippen LogP contribution in [0, 0.1) is 6.92 Å². The molecule has 12 heteroatoms. The van der Waals surface area contributed by atoms with Gasteiger partial charge in [-0.3, -0.25) is 9.59 Å². The SMILES string of the molecule is Cc1ccccc1S(=O)(=O)NC(=O)NC(Cc1cccc(C(N)=O)c1)C(=O)N(C)c1ccc2c(c1)OCO2. The summed E-state index contributed by atoms with van der Waals surface area (Å²) in [6, 6.07) is 15.1. The lowest BCUT2D eigenvalue weighted by molar-refractivity contribution is -0.120. The summed E-state index contributed by atoms with van der Waals surface area (Å²) < 4.78 is 38.3. The molecule has 4 N–H and O–H groups in total. The average Bonchev–Trinajstić information content (AvgIpc) is 3.35. The first-order chi connectivity index (χ1) is 18.0. The van der Waals surface area contributed by atoms with Gasteiger partial charge >= 0.3 is 6.03 Å². The predicted octanol–water partition coefficient (Wildman–Crippen LogP) is 2.08. The number of rotatable bonds is 8.